The molecule has 1 atom stereocenters. The van der Waals surface area contributed by atoms with Gasteiger partial charge in [-0.2, -0.15) is 0 Å². The van der Waals surface area contributed by atoms with E-state index in [1.807, 2.05) is 6.92 Å². The Hall–Kier alpha value is -2.14. The van der Waals surface area contributed by atoms with Crippen LogP contribution in [0.15, 0.2) is 42.9 Å². The van der Waals surface area contributed by atoms with Gasteiger partial charge in [0, 0.05) is 12.4 Å². The summed E-state index contributed by atoms with van der Waals surface area (Å²) in [5.41, 5.74) is 0.532. The van der Waals surface area contributed by atoms with Crippen LogP contribution in [0.1, 0.15) is 23.7 Å². The average Bonchev–Trinajstić information content (AvgIpc) is 2.53. The number of hydrogen-bond acceptors (Lipinski definition) is 4. The van der Waals surface area contributed by atoms with Crippen LogP contribution in [0.5, 0.6) is 5.75 Å². The number of ether oxygens (including phenoxy) is 1. The van der Waals surface area contributed by atoms with Crippen LogP contribution in [0.25, 0.3) is 0 Å². The summed E-state index contributed by atoms with van der Waals surface area (Å²) in [5.74, 6) is 0.459. The number of aromatic nitrogens is 2. The lowest BCUT2D eigenvalue weighted by Gasteiger charge is -2.17. The zero-order chi connectivity index (χ0) is 15.1. The largest absolute Gasteiger partial charge is 0.490 e. The Morgan fingerprint density at radius 1 is 1.38 bits per heavy atom. The molecule has 2 aromatic heterocycles. The van der Waals surface area contributed by atoms with E-state index in [9.17, 15) is 4.79 Å². The van der Waals surface area contributed by atoms with Crippen LogP contribution in [-0.2, 0) is 0 Å². The number of nitrogens with zero attached hydrogens (tertiary/aromatic N) is 2. The average molecular weight is 306 g/mol. The molecular weight excluding hydrogens is 290 g/mol. The monoisotopic (exact) mass is 305 g/mol. The third-order valence-electron chi connectivity index (χ3n) is 2.90. The van der Waals surface area contributed by atoms with Gasteiger partial charge in [-0.25, -0.2) is 4.98 Å². The number of halogens is 1. The molecule has 0 fully saturated rings. The first-order valence-corrected chi connectivity index (χ1v) is 7.02. The molecule has 110 valence electrons. The first-order chi connectivity index (χ1) is 10.2. The normalized spacial score (nSPS) is 11.7. The second kappa shape index (κ2) is 7.59. The van der Waals surface area contributed by atoms with Gasteiger partial charge in [0.2, 0.25) is 0 Å². The number of amides is 1. The van der Waals surface area contributed by atoms with Gasteiger partial charge in [0.25, 0.3) is 5.91 Å². The second-order valence-electron chi connectivity index (χ2n) is 4.45. The van der Waals surface area contributed by atoms with E-state index in [-0.39, 0.29) is 11.9 Å². The van der Waals surface area contributed by atoms with E-state index >= 15 is 0 Å². The van der Waals surface area contributed by atoms with Crippen LogP contribution in [0, 0.1) is 0 Å². The van der Waals surface area contributed by atoms with E-state index in [0.717, 1.165) is 6.42 Å². The van der Waals surface area contributed by atoms with Crippen molar-refractivity contribution in [2.45, 2.75) is 19.4 Å². The SMILES string of the molecule is CCC(COc1ccc(Cl)nc1)NC(=O)c1cccnc1. The summed E-state index contributed by atoms with van der Waals surface area (Å²) in [4.78, 5) is 19.9. The van der Waals surface area contributed by atoms with Crippen molar-refractivity contribution in [3.8, 4) is 5.75 Å². The minimum Gasteiger partial charge on any atom is -0.490 e. The molecule has 0 saturated heterocycles. The fourth-order valence-electron chi connectivity index (χ4n) is 1.67. The van der Waals surface area contributed by atoms with E-state index < -0.39 is 0 Å². The highest BCUT2D eigenvalue weighted by atomic mass is 35.5. The van der Waals surface area contributed by atoms with Crippen molar-refractivity contribution in [2.24, 2.45) is 0 Å². The molecule has 2 heterocycles. The maximum absolute atomic E-state index is 12.0. The number of pyridine rings is 2. The topological polar surface area (TPSA) is 64.1 Å². The van der Waals surface area contributed by atoms with E-state index in [4.69, 9.17) is 16.3 Å². The van der Waals surface area contributed by atoms with Gasteiger partial charge < -0.3 is 10.1 Å². The number of hydrogen-bond donors (Lipinski definition) is 1. The molecular formula is C15H16ClN3O2. The maximum Gasteiger partial charge on any atom is 0.253 e. The van der Waals surface area contributed by atoms with Gasteiger partial charge in [-0.15, -0.1) is 0 Å². The van der Waals surface area contributed by atoms with E-state index in [1.54, 1.807) is 36.7 Å². The quantitative estimate of drug-likeness (QED) is 0.833. The summed E-state index contributed by atoms with van der Waals surface area (Å²) in [7, 11) is 0. The van der Waals surface area contributed by atoms with Gasteiger partial charge in [0.1, 0.15) is 17.5 Å². The predicted octanol–water partition coefficient (Wildman–Crippen LogP) is 2.72. The fourth-order valence-corrected chi connectivity index (χ4v) is 1.78. The van der Waals surface area contributed by atoms with Crippen molar-refractivity contribution in [3.63, 3.8) is 0 Å². The fraction of sp³-hybridized carbons (Fsp3) is 0.267. The van der Waals surface area contributed by atoms with E-state index in [2.05, 4.69) is 15.3 Å². The predicted molar refractivity (Wildman–Crippen MR) is 80.5 cm³/mol. The highest BCUT2D eigenvalue weighted by molar-refractivity contribution is 6.29. The number of rotatable bonds is 6. The molecule has 0 radical (unpaired) electrons. The zero-order valence-electron chi connectivity index (χ0n) is 11.6. The lowest BCUT2D eigenvalue weighted by molar-refractivity contribution is 0.0919. The van der Waals surface area contributed by atoms with Gasteiger partial charge in [-0.1, -0.05) is 18.5 Å². The highest BCUT2D eigenvalue weighted by Crippen LogP contribution is 2.12. The van der Waals surface area contributed by atoms with Crippen LogP contribution in [0.2, 0.25) is 5.15 Å². The minimum atomic E-state index is -0.159. The van der Waals surface area contributed by atoms with Crippen LogP contribution >= 0.6 is 11.6 Å². The Labute approximate surface area is 128 Å². The van der Waals surface area contributed by atoms with Crippen molar-refractivity contribution in [2.75, 3.05) is 6.61 Å². The standard InChI is InChI=1S/C15H16ClN3O2/c1-2-12(10-21-13-5-6-14(16)18-9-13)19-15(20)11-4-3-7-17-8-11/h3-9,12H,2,10H2,1H3,(H,19,20). The van der Waals surface area contributed by atoms with Gasteiger partial charge >= 0.3 is 0 Å². The molecule has 1 N–H and O–H groups in total. The van der Waals surface area contributed by atoms with Crippen LogP contribution in [-0.4, -0.2) is 28.5 Å². The Kier molecular flexibility index (Phi) is 5.51. The summed E-state index contributed by atoms with van der Waals surface area (Å²) >= 11 is 5.71. The van der Waals surface area contributed by atoms with Crippen LogP contribution in [0.3, 0.4) is 0 Å². The molecule has 21 heavy (non-hydrogen) atoms. The minimum absolute atomic E-state index is 0.0895. The van der Waals surface area contributed by atoms with E-state index in [1.165, 1.54) is 6.20 Å². The third-order valence-corrected chi connectivity index (χ3v) is 3.13. The Bertz CT molecular complexity index is 575. The molecule has 6 heteroatoms. The summed E-state index contributed by atoms with van der Waals surface area (Å²) in [6.45, 7) is 2.35. The first-order valence-electron chi connectivity index (χ1n) is 6.64. The van der Waals surface area contributed by atoms with Crippen molar-refractivity contribution in [1.29, 1.82) is 0 Å². The molecule has 0 bridgehead atoms. The first kappa shape index (κ1) is 15.3. The van der Waals surface area contributed by atoms with Crippen molar-refractivity contribution in [1.82, 2.24) is 15.3 Å². The van der Waals surface area contributed by atoms with E-state index in [0.29, 0.717) is 23.1 Å². The lowest BCUT2D eigenvalue weighted by atomic mass is 10.2. The van der Waals surface area contributed by atoms with Gasteiger partial charge in [-0.3, -0.25) is 9.78 Å². The zero-order valence-corrected chi connectivity index (χ0v) is 12.4. The van der Waals surface area contributed by atoms with Crippen LogP contribution < -0.4 is 10.1 Å². The Balaban J connectivity index is 1.88. The molecule has 0 saturated carbocycles. The Morgan fingerprint density at radius 3 is 2.86 bits per heavy atom. The smallest absolute Gasteiger partial charge is 0.253 e. The molecule has 0 aliphatic heterocycles. The number of carbonyl (C=O) groups excluding carboxylic acids is 1. The molecule has 2 rings (SSSR count). The van der Waals surface area contributed by atoms with Crippen molar-refractivity contribution < 1.29 is 9.53 Å². The van der Waals surface area contributed by atoms with Gasteiger partial charge in [0.05, 0.1) is 17.8 Å². The van der Waals surface area contributed by atoms with Crippen molar-refractivity contribution in [3.05, 3.63) is 53.6 Å². The highest BCUT2D eigenvalue weighted by Gasteiger charge is 2.13. The molecule has 0 aliphatic carbocycles. The lowest BCUT2D eigenvalue weighted by Crippen LogP contribution is -2.38. The third kappa shape index (κ3) is 4.72. The van der Waals surface area contributed by atoms with Gasteiger partial charge in [0.15, 0.2) is 0 Å². The summed E-state index contributed by atoms with van der Waals surface area (Å²) in [5, 5.41) is 3.33. The summed E-state index contributed by atoms with van der Waals surface area (Å²) in [6.07, 6.45) is 5.47. The number of nitrogens with one attached hydrogen (secondary N) is 1. The maximum atomic E-state index is 12.0. The Morgan fingerprint density at radius 2 is 2.24 bits per heavy atom. The molecule has 1 unspecified atom stereocenters. The summed E-state index contributed by atoms with van der Waals surface area (Å²) < 4.78 is 5.60. The molecule has 0 aromatic carbocycles. The molecule has 0 spiro atoms. The second-order valence-corrected chi connectivity index (χ2v) is 4.84. The van der Waals surface area contributed by atoms with Crippen LogP contribution in [0.4, 0.5) is 0 Å². The van der Waals surface area contributed by atoms with Gasteiger partial charge in [-0.05, 0) is 30.7 Å². The summed E-state index contributed by atoms with van der Waals surface area (Å²) in [6, 6.07) is 6.76. The van der Waals surface area contributed by atoms with Crippen molar-refractivity contribution >= 4 is 17.5 Å². The molecule has 2 aromatic rings. The molecule has 0 aliphatic rings. The molecule has 5 nitrogen and oxygen atoms in total. The molecule has 1 amide bonds. The number of carbonyl (C=O) groups is 1.